The van der Waals surface area contributed by atoms with E-state index in [9.17, 15) is 14.9 Å². The lowest BCUT2D eigenvalue weighted by Gasteiger charge is -2.12. The Morgan fingerprint density at radius 2 is 1.58 bits per heavy atom. The van der Waals surface area contributed by atoms with Crippen molar-refractivity contribution >= 4 is 86.9 Å². The summed E-state index contributed by atoms with van der Waals surface area (Å²) in [6.07, 6.45) is 0. The van der Waals surface area contributed by atoms with Gasteiger partial charge >= 0.3 is 0 Å². The number of anilines is 1. The number of nitrogens with zero attached hydrogens (tertiary/aromatic N) is 1. The molecule has 0 saturated carbocycles. The van der Waals surface area contributed by atoms with Crippen LogP contribution in [0.1, 0.15) is 16.3 Å². The van der Waals surface area contributed by atoms with Crippen molar-refractivity contribution in [3.05, 3.63) is 82.1 Å². The molecule has 3 aromatic rings. The van der Waals surface area contributed by atoms with Crippen molar-refractivity contribution in [3.63, 3.8) is 0 Å². The summed E-state index contributed by atoms with van der Waals surface area (Å²) in [4.78, 5) is 22.7. The first kappa shape index (κ1) is 23.8. The molecule has 31 heavy (non-hydrogen) atoms. The van der Waals surface area contributed by atoms with Gasteiger partial charge in [-0.25, -0.2) is 0 Å². The van der Waals surface area contributed by atoms with E-state index in [4.69, 9.17) is 78.8 Å². The number of hydrogen-bond acceptors (Lipinski definition) is 5. The zero-order valence-electron chi connectivity index (χ0n) is 14.9. The summed E-state index contributed by atoms with van der Waals surface area (Å²) in [7, 11) is 0. The summed E-state index contributed by atoms with van der Waals surface area (Å²) >= 11 is 36.1. The maximum atomic E-state index is 12.4. The van der Waals surface area contributed by atoms with Gasteiger partial charge in [-0.15, -0.1) is 0 Å². The average Bonchev–Trinajstić information content (AvgIpc) is 3.21. The van der Waals surface area contributed by atoms with E-state index in [2.05, 4.69) is 5.32 Å². The molecule has 0 atom stereocenters. The Morgan fingerprint density at radius 1 is 0.968 bits per heavy atom. The molecule has 0 unspecified atom stereocenters. The Morgan fingerprint density at radius 3 is 2.19 bits per heavy atom. The molecule has 0 bridgehead atoms. The molecule has 0 saturated heterocycles. The van der Waals surface area contributed by atoms with Crippen LogP contribution in [0.4, 0.5) is 11.4 Å². The van der Waals surface area contributed by atoms with Crippen molar-refractivity contribution in [1.82, 2.24) is 0 Å². The van der Waals surface area contributed by atoms with Gasteiger partial charge in [0, 0.05) is 12.1 Å². The van der Waals surface area contributed by atoms with Crippen molar-refractivity contribution in [3.8, 4) is 5.75 Å². The Bertz CT molecular complexity index is 1170. The molecular weight excluding hydrogens is 537 g/mol. The Kier molecular flexibility index (Phi) is 7.47. The Balaban J connectivity index is 1.74. The van der Waals surface area contributed by atoms with Gasteiger partial charge in [0.2, 0.25) is 0 Å². The van der Waals surface area contributed by atoms with E-state index in [1.54, 1.807) is 0 Å². The van der Waals surface area contributed by atoms with Crippen LogP contribution in [0, 0.1) is 10.1 Å². The molecule has 0 aliphatic carbocycles. The molecule has 1 aromatic heterocycles. The number of ether oxygens (including phenoxy) is 1. The fourth-order valence-corrected chi connectivity index (χ4v) is 3.73. The van der Waals surface area contributed by atoms with Gasteiger partial charge in [0.05, 0.1) is 30.7 Å². The molecule has 1 N–H and O–H groups in total. The van der Waals surface area contributed by atoms with Gasteiger partial charge in [-0.2, -0.15) is 0 Å². The number of furan rings is 1. The Hall–Kier alpha value is -1.87. The van der Waals surface area contributed by atoms with Crippen molar-refractivity contribution in [2.24, 2.45) is 0 Å². The van der Waals surface area contributed by atoms with Gasteiger partial charge in [0.25, 0.3) is 11.6 Å². The van der Waals surface area contributed by atoms with Crippen LogP contribution in [0.3, 0.4) is 0 Å². The highest BCUT2D eigenvalue weighted by atomic mass is 35.5. The molecule has 7 nitrogen and oxygen atoms in total. The van der Waals surface area contributed by atoms with Crippen LogP contribution in [-0.2, 0) is 6.61 Å². The van der Waals surface area contributed by atoms with E-state index in [1.165, 1.54) is 24.3 Å². The van der Waals surface area contributed by atoms with E-state index >= 15 is 0 Å². The van der Waals surface area contributed by atoms with Crippen LogP contribution < -0.4 is 10.1 Å². The normalized spacial score (nSPS) is 10.8. The molecule has 0 aliphatic heterocycles. The predicted molar refractivity (Wildman–Crippen MR) is 121 cm³/mol. The second-order valence-corrected chi connectivity index (χ2v) is 8.13. The van der Waals surface area contributed by atoms with E-state index in [0.29, 0.717) is 0 Å². The van der Waals surface area contributed by atoms with Gasteiger partial charge in [0.1, 0.15) is 22.4 Å². The molecule has 1 amide bonds. The fraction of sp³-hybridized carbons (Fsp3) is 0.0556. The molecule has 0 aliphatic rings. The maximum Gasteiger partial charge on any atom is 0.291 e. The molecule has 0 spiro atoms. The van der Waals surface area contributed by atoms with Gasteiger partial charge in [0.15, 0.2) is 11.5 Å². The number of nitro groups is 1. The lowest BCUT2D eigenvalue weighted by molar-refractivity contribution is -0.384. The quantitative estimate of drug-likeness (QED) is 0.147. The summed E-state index contributed by atoms with van der Waals surface area (Å²) in [6.45, 7) is -0.168. The third-order valence-corrected chi connectivity index (χ3v) is 6.39. The number of nitro benzene ring substituents is 1. The highest BCUT2D eigenvalue weighted by Gasteiger charge is 2.21. The second kappa shape index (κ2) is 9.73. The highest BCUT2D eigenvalue weighted by Crippen LogP contribution is 2.48. The van der Waals surface area contributed by atoms with Crippen molar-refractivity contribution in [1.29, 1.82) is 0 Å². The smallest absolute Gasteiger partial charge is 0.291 e. The number of carbonyl (C=O) groups excluding carboxylic acids is 1. The first-order valence-corrected chi connectivity index (χ1v) is 10.3. The summed E-state index contributed by atoms with van der Waals surface area (Å²) < 4.78 is 11.0. The monoisotopic (exact) mass is 542 g/mol. The standard InChI is InChI=1S/C18H8Cl6N2O5/c19-9-3-1-7(26(28)29)5-10(9)25-18(27)11-4-2-8(31-11)6-30-17-15(23)13(21)12(20)14(22)16(17)24/h1-5H,6H2,(H,25,27). The maximum absolute atomic E-state index is 12.4. The van der Waals surface area contributed by atoms with Crippen LogP contribution in [0.2, 0.25) is 30.1 Å². The van der Waals surface area contributed by atoms with Gasteiger partial charge in [-0.1, -0.05) is 69.6 Å². The number of nitrogens with one attached hydrogen (secondary N) is 1. The number of amides is 1. The predicted octanol–water partition coefficient (Wildman–Crippen LogP) is 7.94. The summed E-state index contributed by atoms with van der Waals surface area (Å²) in [5.41, 5.74) is -0.179. The van der Waals surface area contributed by atoms with Crippen molar-refractivity contribution < 1.29 is 18.9 Å². The minimum atomic E-state index is -0.678. The summed E-state index contributed by atoms with van der Waals surface area (Å²) in [6, 6.07) is 6.50. The average molecular weight is 545 g/mol. The van der Waals surface area contributed by atoms with Crippen molar-refractivity contribution in [2.45, 2.75) is 6.61 Å². The fourth-order valence-electron chi connectivity index (χ4n) is 2.34. The summed E-state index contributed by atoms with van der Waals surface area (Å²) in [5, 5.41) is 13.3. The zero-order valence-corrected chi connectivity index (χ0v) is 19.4. The van der Waals surface area contributed by atoms with E-state index < -0.39 is 10.8 Å². The number of carbonyl (C=O) groups is 1. The lowest BCUT2D eigenvalue weighted by atomic mass is 10.2. The zero-order chi connectivity index (χ0) is 22.9. The third kappa shape index (κ3) is 5.14. The second-order valence-electron chi connectivity index (χ2n) is 5.83. The first-order valence-electron chi connectivity index (χ1n) is 8.08. The molecule has 162 valence electrons. The minimum Gasteiger partial charge on any atom is -0.482 e. The number of halogens is 6. The van der Waals surface area contributed by atoms with Crippen LogP contribution in [0.5, 0.6) is 5.75 Å². The van der Waals surface area contributed by atoms with Crippen LogP contribution in [-0.4, -0.2) is 10.8 Å². The lowest BCUT2D eigenvalue weighted by Crippen LogP contribution is -2.11. The molecule has 3 rings (SSSR count). The van der Waals surface area contributed by atoms with Crippen molar-refractivity contribution in [2.75, 3.05) is 5.32 Å². The minimum absolute atomic E-state index is 0.00601. The van der Waals surface area contributed by atoms with Crippen LogP contribution in [0.25, 0.3) is 0 Å². The largest absolute Gasteiger partial charge is 0.482 e. The molecule has 0 radical (unpaired) electrons. The van der Waals surface area contributed by atoms with E-state index in [1.807, 2.05) is 0 Å². The SMILES string of the molecule is O=C(Nc1cc([N+](=O)[O-])ccc1Cl)c1ccc(COc2c(Cl)c(Cl)c(Cl)c(Cl)c2Cl)o1. The molecule has 2 aromatic carbocycles. The molecular formula is C18H8Cl6N2O5. The third-order valence-electron chi connectivity index (χ3n) is 3.82. The topological polar surface area (TPSA) is 94.6 Å². The highest BCUT2D eigenvalue weighted by molar-refractivity contribution is 6.55. The summed E-state index contributed by atoms with van der Waals surface area (Å²) in [5.74, 6) is -0.536. The van der Waals surface area contributed by atoms with Gasteiger partial charge in [-0.3, -0.25) is 14.9 Å². The van der Waals surface area contributed by atoms with Gasteiger partial charge in [-0.05, 0) is 18.2 Å². The first-order chi connectivity index (χ1) is 14.6. The van der Waals surface area contributed by atoms with Crippen LogP contribution >= 0.6 is 69.6 Å². The molecule has 13 heteroatoms. The molecule has 0 fully saturated rings. The molecule has 1 heterocycles. The Labute approximate surface area is 204 Å². The number of non-ortho nitro benzene ring substituents is 1. The number of hydrogen-bond donors (Lipinski definition) is 1. The van der Waals surface area contributed by atoms with E-state index in [-0.39, 0.29) is 65.4 Å². The van der Waals surface area contributed by atoms with Gasteiger partial charge < -0.3 is 14.5 Å². The van der Waals surface area contributed by atoms with Crippen LogP contribution in [0.15, 0.2) is 34.7 Å². The van der Waals surface area contributed by atoms with E-state index in [0.717, 1.165) is 6.07 Å². The number of rotatable bonds is 6. The number of benzene rings is 2.